The number of esters is 1. The fourth-order valence-corrected chi connectivity index (χ4v) is 3.22. The number of oxazole rings is 1. The summed E-state index contributed by atoms with van der Waals surface area (Å²) in [5.74, 6) is 0.0785. The van der Waals surface area contributed by atoms with Gasteiger partial charge in [0.15, 0.2) is 5.58 Å². The molecule has 0 atom stereocenters. The maximum atomic E-state index is 11.9. The second-order valence-corrected chi connectivity index (χ2v) is 6.39. The first-order chi connectivity index (χ1) is 12.7. The van der Waals surface area contributed by atoms with Crippen molar-refractivity contribution in [2.75, 3.05) is 33.3 Å². The lowest BCUT2D eigenvalue weighted by Crippen LogP contribution is -2.42. The number of carbonyl (C=O) groups is 1. The third-order valence-electron chi connectivity index (χ3n) is 4.64. The number of hydrogen-bond donors (Lipinski definition) is 1. The van der Waals surface area contributed by atoms with Gasteiger partial charge in [-0.2, -0.15) is 0 Å². The molecule has 0 radical (unpaired) electrons. The fourth-order valence-electron chi connectivity index (χ4n) is 3.22. The summed E-state index contributed by atoms with van der Waals surface area (Å²) in [5, 5.41) is 3.37. The minimum atomic E-state index is -0.426. The zero-order valence-electron chi connectivity index (χ0n) is 14.7. The molecule has 0 spiro atoms. The number of benzene rings is 2. The summed E-state index contributed by atoms with van der Waals surface area (Å²) >= 11 is 0. The van der Waals surface area contributed by atoms with Crippen molar-refractivity contribution in [2.45, 2.75) is 6.54 Å². The van der Waals surface area contributed by atoms with Gasteiger partial charge in [-0.1, -0.05) is 18.2 Å². The standard InChI is InChI=1S/C20H21N3O3/c1-25-20(24)16-3-2-4-17-18(16)26-19(22-17)15-7-5-14(6-8-15)13-23-11-9-21-10-12-23/h2-8,21H,9-13H2,1H3. The van der Waals surface area contributed by atoms with Crippen molar-refractivity contribution < 1.29 is 13.9 Å². The van der Waals surface area contributed by atoms with Gasteiger partial charge in [-0.3, -0.25) is 4.90 Å². The van der Waals surface area contributed by atoms with E-state index >= 15 is 0 Å². The molecule has 1 N–H and O–H groups in total. The SMILES string of the molecule is COC(=O)c1cccc2nc(-c3ccc(CN4CCNCC4)cc3)oc12. The molecular weight excluding hydrogens is 330 g/mol. The third kappa shape index (κ3) is 3.34. The van der Waals surface area contributed by atoms with Crippen LogP contribution in [0.1, 0.15) is 15.9 Å². The smallest absolute Gasteiger partial charge is 0.341 e. The normalized spacial score (nSPS) is 15.3. The van der Waals surface area contributed by atoms with Gasteiger partial charge in [0.1, 0.15) is 11.1 Å². The summed E-state index contributed by atoms with van der Waals surface area (Å²) in [6.07, 6.45) is 0. The Balaban J connectivity index is 1.58. The van der Waals surface area contributed by atoms with E-state index in [1.807, 2.05) is 18.2 Å². The molecule has 0 unspecified atom stereocenters. The van der Waals surface area contributed by atoms with Crippen molar-refractivity contribution in [3.63, 3.8) is 0 Å². The number of carbonyl (C=O) groups excluding carboxylic acids is 1. The van der Waals surface area contributed by atoms with E-state index in [0.717, 1.165) is 38.3 Å². The fraction of sp³-hybridized carbons (Fsp3) is 0.300. The highest BCUT2D eigenvalue weighted by Gasteiger charge is 2.17. The summed E-state index contributed by atoms with van der Waals surface area (Å²) in [6.45, 7) is 5.18. The molecule has 6 heteroatoms. The number of methoxy groups -OCH3 is 1. The van der Waals surface area contributed by atoms with E-state index in [0.29, 0.717) is 22.6 Å². The molecule has 2 aromatic carbocycles. The van der Waals surface area contributed by atoms with Crippen LogP contribution in [0.15, 0.2) is 46.9 Å². The van der Waals surface area contributed by atoms with E-state index in [1.165, 1.54) is 12.7 Å². The molecule has 3 aromatic rings. The molecular formula is C20H21N3O3. The summed E-state index contributed by atoms with van der Waals surface area (Å²) in [5.41, 5.74) is 3.65. The van der Waals surface area contributed by atoms with Crippen LogP contribution < -0.4 is 5.32 Å². The molecule has 1 saturated heterocycles. The number of fused-ring (bicyclic) bond motifs is 1. The number of para-hydroxylation sites is 1. The summed E-state index contributed by atoms with van der Waals surface area (Å²) in [6, 6.07) is 13.5. The maximum Gasteiger partial charge on any atom is 0.341 e. The lowest BCUT2D eigenvalue weighted by molar-refractivity contribution is 0.0602. The van der Waals surface area contributed by atoms with Crippen LogP contribution in [0.25, 0.3) is 22.6 Å². The lowest BCUT2D eigenvalue weighted by Gasteiger charge is -2.27. The Morgan fingerprint density at radius 1 is 1.19 bits per heavy atom. The Morgan fingerprint density at radius 2 is 1.96 bits per heavy atom. The van der Waals surface area contributed by atoms with Gasteiger partial charge in [0.2, 0.25) is 5.89 Å². The highest BCUT2D eigenvalue weighted by molar-refractivity contribution is 6.01. The molecule has 26 heavy (non-hydrogen) atoms. The highest BCUT2D eigenvalue weighted by Crippen LogP contribution is 2.27. The van der Waals surface area contributed by atoms with E-state index in [2.05, 4.69) is 27.3 Å². The predicted molar refractivity (Wildman–Crippen MR) is 98.9 cm³/mol. The monoisotopic (exact) mass is 351 g/mol. The second kappa shape index (κ2) is 7.27. The van der Waals surface area contributed by atoms with Gasteiger partial charge >= 0.3 is 5.97 Å². The molecule has 0 amide bonds. The van der Waals surface area contributed by atoms with Crippen molar-refractivity contribution in [1.29, 1.82) is 0 Å². The zero-order valence-corrected chi connectivity index (χ0v) is 14.7. The predicted octanol–water partition coefficient (Wildman–Crippen LogP) is 2.69. The van der Waals surface area contributed by atoms with Gasteiger partial charge in [-0.15, -0.1) is 0 Å². The van der Waals surface area contributed by atoms with Crippen LogP contribution in [0.4, 0.5) is 0 Å². The van der Waals surface area contributed by atoms with Gasteiger partial charge in [0.05, 0.1) is 7.11 Å². The second-order valence-electron chi connectivity index (χ2n) is 6.39. The average Bonchev–Trinajstić information content (AvgIpc) is 3.13. The Labute approximate surface area is 151 Å². The van der Waals surface area contributed by atoms with E-state index < -0.39 is 5.97 Å². The van der Waals surface area contributed by atoms with E-state index in [1.54, 1.807) is 12.1 Å². The quantitative estimate of drug-likeness (QED) is 0.729. The van der Waals surface area contributed by atoms with Gasteiger partial charge in [-0.05, 0) is 29.8 Å². The first kappa shape index (κ1) is 16.8. The molecule has 0 saturated carbocycles. The summed E-state index contributed by atoms with van der Waals surface area (Å²) < 4.78 is 10.7. The van der Waals surface area contributed by atoms with Crippen molar-refractivity contribution in [3.05, 3.63) is 53.6 Å². The minimum Gasteiger partial charge on any atom is -0.465 e. The van der Waals surface area contributed by atoms with Crippen molar-refractivity contribution in [2.24, 2.45) is 0 Å². The van der Waals surface area contributed by atoms with Crippen LogP contribution in [0, 0.1) is 0 Å². The number of rotatable bonds is 4. The number of ether oxygens (including phenoxy) is 1. The topological polar surface area (TPSA) is 67.6 Å². The largest absolute Gasteiger partial charge is 0.465 e. The molecule has 1 aliphatic heterocycles. The van der Waals surface area contributed by atoms with Crippen LogP contribution in [0.2, 0.25) is 0 Å². The van der Waals surface area contributed by atoms with Gasteiger partial charge in [0, 0.05) is 38.3 Å². The van der Waals surface area contributed by atoms with Crippen LogP contribution >= 0.6 is 0 Å². The summed E-state index contributed by atoms with van der Waals surface area (Å²) in [4.78, 5) is 18.8. The molecule has 1 fully saturated rings. The number of aromatic nitrogens is 1. The van der Waals surface area contributed by atoms with Crippen molar-refractivity contribution in [3.8, 4) is 11.5 Å². The van der Waals surface area contributed by atoms with E-state index in [9.17, 15) is 4.79 Å². The molecule has 6 nitrogen and oxygen atoms in total. The third-order valence-corrected chi connectivity index (χ3v) is 4.64. The Hall–Kier alpha value is -2.70. The minimum absolute atomic E-state index is 0.388. The van der Waals surface area contributed by atoms with Gasteiger partial charge in [-0.25, -0.2) is 9.78 Å². The Bertz CT molecular complexity index is 912. The Kier molecular flexibility index (Phi) is 4.69. The molecule has 0 bridgehead atoms. The van der Waals surface area contributed by atoms with Crippen molar-refractivity contribution in [1.82, 2.24) is 15.2 Å². The number of piperazine rings is 1. The van der Waals surface area contributed by atoms with Gasteiger partial charge in [0.25, 0.3) is 0 Å². The lowest BCUT2D eigenvalue weighted by atomic mass is 10.1. The van der Waals surface area contributed by atoms with Gasteiger partial charge < -0.3 is 14.5 Å². The first-order valence-corrected chi connectivity index (χ1v) is 8.75. The van der Waals surface area contributed by atoms with Crippen LogP contribution in [0.3, 0.4) is 0 Å². The summed E-state index contributed by atoms with van der Waals surface area (Å²) in [7, 11) is 1.36. The van der Waals surface area contributed by atoms with Crippen LogP contribution in [-0.2, 0) is 11.3 Å². The van der Waals surface area contributed by atoms with E-state index in [4.69, 9.17) is 9.15 Å². The molecule has 1 aromatic heterocycles. The zero-order chi connectivity index (χ0) is 17.9. The number of nitrogens with zero attached hydrogens (tertiary/aromatic N) is 2. The maximum absolute atomic E-state index is 11.9. The first-order valence-electron chi connectivity index (χ1n) is 8.75. The molecule has 2 heterocycles. The van der Waals surface area contributed by atoms with Crippen LogP contribution in [-0.4, -0.2) is 49.1 Å². The van der Waals surface area contributed by atoms with Crippen LogP contribution in [0.5, 0.6) is 0 Å². The Morgan fingerprint density at radius 3 is 2.69 bits per heavy atom. The molecule has 0 aliphatic carbocycles. The molecule has 4 rings (SSSR count). The van der Waals surface area contributed by atoms with Crippen molar-refractivity contribution >= 4 is 17.1 Å². The number of nitrogens with one attached hydrogen (secondary N) is 1. The highest BCUT2D eigenvalue weighted by atomic mass is 16.5. The molecule has 134 valence electrons. The molecule has 1 aliphatic rings. The van der Waals surface area contributed by atoms with E-state index in [-0.39, 0.29) is 0 Å². The number of hydrogen-bond acceptors (Lipinski definition) is 6. The average molecular weight is 351 g/mol.